The number of nitrogens with one attached hydrogen (secondary N) is 2. The van der Waals surface area contributed by atoms with Crippen molar-refractivity contribution in [1.82, 2.24) is 15.4 Å². The monoisotopic (exact) mass is 326 g/mol. The number of carbonyl (C=O) groups is 1. The van der Waals surface area contributed by atoms with Gasteiger partial charge in [0.15, 0.2) is 5.65 Å². The molecule has 24 heavy (non-hydrogen) atoms. The van der Waals surface area contributed by atoms with Gasteiger partial charge < -0.3 is 14.8 Å². The topological polar surface area (TPSA) is 106 Å². The average Bonchev–Trinajstić information content (AvgIpc) is 2.63. The fraction of sp³-hybridized carbons (Fsp3) is 0.0625. The van der Waals surface area contributed by atoms with Gasteiger partial charge in [0, 0.05) is 18.0 Å². The van der Waals surface area contributed by atoms with E-state index in [1.807, 2.05) is 6.07 Å². The molecule has 0 aliphatic heterocycles. The van der Waals surface area contributed by atoms with E-state index in [0.717, 1.165) is 5.39 Å². The van der Waals surface area contributed by atoms with Gasteiger partial charge >= 0.3 is 6.03 Å². The van der Waals surface area contributed by atoms with Crippen molar-refractivity contribution >= 4 is 22.8 Å². The van der Waals surface area contributed by atoms with E-state index in [0.29, 0.717) is 28.7 Å². The SMILES string of the molecule is COc1ccc2c(Oc3ccc(NC(=O)NO)cc3)ccnc2n1. The summed E-state index contributed by atoms with van der Waals surface area (Å²) in [6, 6.07) is 11.3. The maximum atomic E-state index is 11.0. The third-order valence-corrected chi connectivity index (χ3v) is 3.19. The highest BCUT2D eigenvalue weighted by Gasteiger charge is 2.07. The molecule has 0 bridgehead atoms. The van der Waals surface area contributed by atoms with Crippen LogP contribution in [0.4, 0.5) is 10.5 Å². The maximum Gasteiger partial charge on any atom is 0.342 e. The third kappa shape index (κ3) is 3.33. The van der Waals surface area contributed by atoms with Crippen LogP contribution in [-0.4, -0.2) is 28.3 Å². The predicted octanol–water partition coefficient (Wildman–Crippen LogP) is 2.94. The molecule has 2 amide bonds. The van der Waals surface area contributed by atoms with E-state index in [9.17, 15) is 4.79 Å². The summed E-state index contributed by atoms with van der Waals surface area (Å²) in [4.78, 5) is 19.5. The molecule has 0 saturated heterocycles. The zero-order valence-corrected chi connectivity index (χ0v) is 12.7. The molecule has 0 fully saturated rings. The minimum Gasteiger partial charge on any atom is -0.481 e. The van der Waals surface area contributed by atoms with Gasteiger partial charge in [-0.05, 0) is 36.4 Å². The van der Waals surface area contributed by atoms with Crippen molar-refractivity contribution in [2.24, 2.45) is 0 Å². The molecule has 3 aromatic rings. The first kappa shape index (κ1) is 15.5. The molecule has 122 valence electrons. The van der Waals surface area contributed by atoms with E-state index in [2.05, 4.69) is 15.3 Å². The second-order valence-corrected chi connectivity index (χ2v) is 4.73. The van der Waals surface area contributed by atoms with Crippen LogP contribution in [0.25, 0.3) is 11.0 Å². The van der Waals surface area contributed by atoms with Gasteiger partial charge in [0.1, 0.15) is 11.5 Å². The van der Waals surface area contributed by atoms with Crippen molar-refractivity contribution in [2.45, 2.75) is 0 Å². The van der Waals surface area contributed by atoms with Gasteiger partial charge in [-0.3, -0.25) is 5.21 Å². The first-order valence-electron chi connectivity index (χ1n) is 6.98. The Morgan fingerprint density at radius 3 is 2.62 bits per heavy atom. The van der Waals surface area contributed by atoms with Crippen LogP contribution in [-0.2, 0) is 0 Å². The van der Waals surface area contributed by atoms with Crippen molar-refractivity contribution in [3.8, 4) is 17.4 Å². The summed E-state index contributed by atoms with van der Waals surface area (Å²) in [6.07, 6.45) is 1.60. The van der Waals surface area contributed by atoms with Crippen LogP contribution in [0.15, 0.2) is 48.7 Å². The lowest BCUT2D eigenvalue weighted by Crippen LogP contribution is -2.24. The van der Waals surface area contributed by atoms with Gasteiger partial charge in [0.25, 0.3) is 0 Å². The first-order chi connectivity index (χ1) is 11.7. The number of benzene rings is 1. The fourth-order valence-corrected chi connectivity index (χ4v) is 2.08. The normalized spacial score (nSPS) is 10.2. The molecule has 8 heteroatoms. The smallest absolute Gasteiger partial charge is 0.342 e. The van der Waals surface area contributed by atoms with Crippen LogP contribution in [0.2, 0.25) is 0 Å². The molecular formula is C16H14N4O4. The van der Waals surface area contributed by atoms with Gasteiger partial charge in [0.05, 0.1) is 12.5 Å². The largest absolute Gasteiger partial charge is 0.481 e. The van der Waals surface area contributed by atoms with E-state index < -0.39 is 6.03 Å². The van der Waals surface area contributed by atoms with Gasteiger partial charge in [-0.15, -0.1) is 0 Å². The zero-order chi connectivity index (χ0) is 16.9. The average molecular weight is 326 g/mol. The summed E-state index contributed by atoms with van der Waals surface area (Å²) in [5.41, 5.74) is 2.52. The van der Waals surface area contributed by atoms with Crippen LogP contribution in [0.3, 0.4) is 0 Å². The zero-order valence-electron chi connectivity index (χ0n) is 12.7. The molecule has 0 aliphatic carbocycles. The summed E-state index contributed by atoms with van der Waals surface area (Å²) < 4.78 is 10.9. The number of aromatic nitrogens is 2. The summed E-state index contributed by atoms with van der Waals surface area (Å²) in [5.74, 6) is 1.65. The van der Waals surface area contributed by atoms with E-state index in [-0.39, 0.29) is 0 Å². The molecule has 1 aromatic carbocycles. The Morgan fingerprint density at radius 2 is 1.92 bits per heavy atom. The number of pyridine rings is 2. The van der Waals surface area contributed by atoms with Gasteiger partial charge in [-0.2, -0.15) is 4.98 Å². The van der Waals surface area contributed by atoms with Gasteiger partial charge in [-0.25, -0.2) is 15.3 Å². The van der Waals surface area contributed by atoms with Crippen molar-refractivity contribution in [2.75, 3.05) is 12.4 Å². The van der Waals surface area contributed by atoms with E-state index >= 15 is 0 Å². The predicted molar refractivity (Wildman–Crippen MR) is 86.5 cm³/mol. The maximum absolute atomic E-state index is 11.0. The fourth-order valence-electron chi connectivity index (χ4n) is 2.08. The Bertz CT molecular complexity index is 868. The molecule has 0 aliphatic rings. The number of hydrogen-bond donors (Lipinski definition) is 3. The van der Waals surface area contributed by atoms with Gasteiger partial charge in [0.2, 0.25) is 5.88 Å². The summed E-state index contributed by atoms with van der Waals surface area (Å²) in [6.45, 7) is 0. The number of fused-ring (bicyclic) bond motifs is 1. The number of carbonyl (C=O) groups excluding carboxylic acids is 1. The lowest BCUT2D eigenvalue weighted by Gasteiger charge is -2.10. The molecule has 0 radical (unpaired) electrons. The quantitative estimate of drug-likeness (QED) is 0.503. The number of nitrogens with zero attached hydrogens (tertiary/aromatic N) is 2. The highest BCUT2D eigenvalue weighted by Crippen LogP contribution is 2.29. The number of hydroxylamine groups is 1. The van der Waals surface area contributed by atoms with E-state index in [4.69, 9.17) is 14.7 Å². The number of rotatable bonds is 4. The van der Waals surface area contributed by atoms with Crippen LogP contribution in [0, 0.1) is 0 Å². The molecule has 0 atom stereocenters. The molecular weight excluding hydrogens is 312 g/mol. The van der Waals surface area contributed by atoms with Crippen molar-refractivity contribution in [3.05, 3.63) is 48.7 Å². The minimum absolute atomic E-state index is 0.477. The highest BCUT2D eigenvalue weighted by molar-refractivity contribution is 5.88. The second kappa shape index (κ2) is 6.80. The molecule has 0 unspecified atom stereocenters. The number of methoxy groups -OCH3 is 1. The van der Waals surface area contributed by atoms with Crippen LogP contribution < -0.4 is 20.3 Å². The number of amides is 2. The Kier molecular flexibility index (Phi) is 4.39. The van der Waals surface area contributed by atoms with E-state index in [1.54, 1.807) is 49.7 Å². The highest BCUT2D eigenvalue weighted by atomic mass is 16.5. The van der Waals surface area contributed by atoms with Crippen molar-refractivity contribution in [1.29, 1.82) is 0 Å². The Balaban J connectivity index is 1.83. The molecule has 8 nitrogen and oxygen atoms in total. The Morgan fingerprint density at radius 1 is 1.12 bits per heavy atom. The summed E-state index contributed by atoms with van der Waals surface area (Å²) in [7, 11) is 1.54. The standard InChI is InChI=1S/C16H14N4O4/c1-23-14-7-6-12-13(8-9-17-15(12)19-14)24-11-4-2-10(3-5-11)18-16(21)20-22/h2-9,22H,1H3,(H2,18,20,21). The van der Waals surface area contributed by atoms with Crippen molar-refractivity contribution in [3.63, 3.8) is 0 Å². The number of hydrogen-bond acceptors (Lipinski definition) is 6. The summed E-state index contributed by atoms with van der Waals surface area (Å²) >= 11 is 0. The molecule has 2 aromatic heterocycles. The van der Waals surface area contributed by atoms with Crippen LogP contribution in [0.5, 0.6) is 17.4 Å². The van der Waals surface area contributed by atoms with E-state index in [1.165, 1.54) is 5.48 Å². The van der Waals surface area contributed by atoms with Crippen LogP contribution in [0.1, 0.15) is 0 Å². The van der Waals surface area contributed by atoms with Crippen molar-refractivity contribution < 1.29 is 19.5 Å². The number of ether oxygens (including phenoxy) is 2. The minimum atomic E-state index is -0.719. The molecule has 0 saturated carbocycles. The molecule has 3 rings (SSSR count). The lowest BCUT2D eigenvalue weighted by atomic mass is 10.2. The molecule has 3 N–H and O–H groups in total. The molecule has 2 heterocycles. The Hall–Kier alpha value is -3.39. The third-order valence-electron chi connectivity index (χ3n) is 3.19. The molecule has 0 spiro atoms. The number of urea groups is 1. The lowest BCUT2D eigenvalue weighted by molar-refractivity contribution is 0.172. The Labute approximate surface area is 137 Å². The van der Waals surface area contributed by atoms with Crippen LogP contribution >= 0.6 is 0 Å². The second-order valence-electron chi connectivity index (χ2n) is 4.73. The summed E-state index contributed by atoms with van der Waals surface area (Å²) in [5, 5.41) is 11.7. The van der Waals surface area contributed by atoms with Gasteiger partial charge in [-0.1, -0.05) is 0 Å². The first-order valence-corrected chi connectivity index (χ1v) is 6.98. The number of anilines is 1.